The molecule has 0 radical (unpaired) electrons. The van der Waals surface area contributed by atoms with E-state index in [1.54, 1.807) is 0 Å². The Labute approximate surface area is 74.6 Å². The molecular weight excluding hydrogens is 152 g/mol. The zero-order chi connectivity index (χ0) is 8.81. The third-order valence-corrected chi connectivity index (χ3v) is 2.68. The van der Waals surface area contributed by atoms with Crippen molar-refractivity contribution in [2.24, 2.45) is 11.8 Å². The van der Waals surface area contributed by atoms with Gasteiger partial charge in [0, 0.05) is 12.6 Å². The van der Waals surface area contributed by atoms with E-state index in [9.17, 15) is 0 Å². The lowest BCUT2D eigenvalue weighted by atomic mass is 10.00. The van der Waals surface area contributed by atoms with Crippen molar-refractivity contribution in [2.75, 3.05) is 13.2 Å². The quantitative estimate of drug-likeness (QED) is 0.481. The highest BCUT2D eigenvalue weighted by molar-refractivity contribution is 4.78. The minimum Gasteiger partial charge on any atom is -0.380 e. The summed E-state index contributed by atoms with van der Waals surface area (Å²) < 4.78 is 5.36. The van der Waals surface area contributed by atoms with Crippen molar-refractivity contribution in [2.45, 2.75) is 38.6 Å². The number of hydrogen-bond acceptors (Lipinski definition) is 3. The van der Waals surface area contributed by atoms with E-state index < -0.39 is 0 Å². The average molecular weight is 172 g/mol. The molecule has 3 heteroatoms. The minimum atomic E-state index is 0.368. The van der Waals surface area contributed by atoms with Crippen LogP contribution in [0.15, 0.2) is 0 Å². The molecule has 0 amide bonds. The van der Waals surface area contributed by atoms with Gasteiger partial charge in [-0.05, 0) is 25.7 Å². The molecule has 12 heavy (non-hydrogen) atoms. The summed E-state index contributed by atoms with van der Waals surface area (Å²) in [5.41, 5.74) is 2.85. The van der Waals surface area contributed by atoms with Gasteiger partial charge in [0.2, 0.25) is 0 Å². The Morgan fingerprint density at radius 3 is 2.67 bits per heavy atom. The Balaban J connectivity index is 2.22. The Morgan fingerprint density at radius 2 is 2.17 bits per heavy atom. The molecule has 0 aliphatic heterocycles. The Bertz CT molecular complexity index is 113. The first-order valence-corrected chi connectivity index (χ1v) is 4.92. The van der Waals surface area contributed by atoms with Crippen molar-refractivity contribution in [1.29, 1.82) is 0 Å². The standard InChI is InChI=1S/C9H20N2O/c1-2-12-7-9(11-10)8-5-3-4-6-8/h8-9,11H,2-7,10H2,1H3. The van der Waals surface area contributed by atoms with Gasteiger partial charge in [0.25, 0.3) is 0 Å². The number of nitrogens with two attached hydrogens (primary N) is 1. The molecule has 1 unspecified atom stereocenters. The molecule has 0 heterocycles. The van der Waals surface area contributed by atoms with Crippen LogP contribution in [0, 0.1) is 5.92 Å². The van der Waals surface area contributed by atoms with Crippen LogP contribution in [-0.4, -0.2) is 19.3 Å². The molecule has 3 nitrogen and oxygen atoms in total. The third kappa shape index (κ3) is 2.73. The van der Waals surface area contributed by atoms with Crippen LogP contribution in [0.4, 0.5) is 0 Å². The third-order valence-electron chi connectivity index (χ3n) is 2.68. The molecule has 1 saturated carbocycles. The van der Waals surface area contributed by atoms with Crippen molar-refractivity contribution in [1.82, 2.24) is 5.43 Å². The lowest BCUT2D eigenvalue weighted by Crippen LogP contribution is -2.43. The van der Waals surface area contributed by atoms with Gasteiger partial charge in [0.1, 0.15) is 0 Å². The summed E-state index contributed by atoms with van der Waals surface area (Å²) in [7, 11) is 0. The van der Waals surface area contributed by atoms with Gasteiger partial charge in [-0.15, -0.1) is 0 Å². The maximum Gasteiger partial charge on any atom is 0.0635 e. The zero-order valence-electron chi connectivity index (χ0n) is 7.88. The molecule has 1 aliphatic rings. The molecule has 0 aromatic rings. The van der Waals surface area contributed by atoms with Crippen LogP contribution in [0.25, 0.3) is 0 Å². The van der Waals surface area contributed by atoms with Crippen LogP contribution in [0.1, 0.15) is 32.6 Å². The fraction of sp³-hybridized carbons (Fsp3) is 1.00. The molecule has 0 aromatic heterocycles. The summed E-state index contributed by atoms with van der Waals surface area (Å²) in [5, 5.41) is 0. The van der Waals surface area contributed by atoms with Gasteiger partial charge >= 0.3 is 0 Å². The van der Waals surface area contributed by atoms with E-state index in [-0.39, 0.29) is 0 Å². The number of rotatable bonds is 5. The molecular formula is C9H20N2O. The van der Waals surface area contributed by atoms with Crippen LogP contribution < -0.4 is 11.3 Å². The van der Waals surface area contributed by atoms with Crippen LogP contribution in [0.3, 0.4) is 0 Å². The second-order valence-electron chi connectivity index (χ2n) is 3.48. The highest BCUT2D eigenvalue weighted by Gasteiger charge is 2.23. The number of hydrazine groups is 1. The van der Waals surface area contributed by atoms with Crippen molar-refractivity contribution in [3.8, 4) is 0 Å². The van der Waals surface area contributed by atoms with E-state index in [1.165, 1.54) is 25.7 Å². The van der Waals surface area contributed by atoms with Gasteiger partial charge in [-0.2, -0.15) is 0 Å². The van der Waals surface area contributed by atoms with E-state index in [0.717, 1.165) is 19.1 Å². The highest BCUT2D eigenvalue weighted by Crippen LogP contribution is 2.27. The summed E-state index contributed by atoms with van der Waals surface area (Å²) in [6.07, 6.45) is 5.33. The molecule has 0 aromatic carbocycles. The van der Waals surface area contributed by atoms with E-state index in [0.29, 0.717) is 6.04 Å². The summed E-state index contributed by atoms with van der Waals surface area (Å²) in [6.45, 7) is 3.56. The number of nitrogens with one attached hydrogen (secondary N) is 1. The molecule has 1 rings (SSSR count). The first-order valence-electron chi connectivity index (χ1n) is 4.92. The predicted octanol–water partition coefficient (Wildman–Crippen LogP) is 1.04. The van der Waals surface area contributed by atoms with Gasteiger partial charge in [0.05, 0.1) is 6.61 Å². The molecule has 0 saturated heterocycles. The van der Waals surface area contributed by atoms with Gasteiger partial charge in [-0.3, -0.25) is 11.3 Å². The van der Waals surface area contributed by atoms with Crippen molar-refractivity contribution >= 4 is 0 Å². The average Bonchev–Trinajstić information content (AvgIpc) is 2.59. The monoisotopic (exact) mass is 172 g/mol. The van der Waals surface area contributed by atoms with Gasteiger partial charge in [0.15, 0.2) is 0 Å². The smallest absolute Gasteiger partial charge is 0.0635 e. The molecule has 0 spiro atoms. The largest absolute Gasteiger partial charge is 0.380 e. The molecule has 1 fully saturated rings. The Kier molecular flexibility index (Phi) is 4.58. The van der Waals surface area contributed by atoms with Crippen LogP contribution in [0.5, 0.6) is 0 Å². The van der Waals surface area contributed by atoms with E-state index in [4.69, 9.17) is 10.6 Å². The van der Waals surface area contributed by atoms with E-state index in [2.05, 4.69) is 5.43 Å². The number of ether oxygens (including phenoxy) is 1. The zero-order valence-corrected chi connectivity index (χ0v) is 7.88. The molecule has 72 valence electrons. The summed E-state index contributed by atoms with van der Waals surface area (Å²) in [6, 6.07) is 0.368. The Morgan fingerprint density at radius 1 is 1.50 bits per heavy atom. The first kappa shape index (κ1) is 9.96. The second-order valence-corrected chi connectivity index (χ2v) is 3.48. The summed E-state index contributed by atoms with van der Waals surface area (Å²) in [4.78, 5) is 0. The van der Waals surface area contributed by atoms with E-state index in [1.807, 2.05) is 6.92 Å². The molecule has 1 atom stereocenters. The SMILES string of the molecule is CCOCC(NN)C1CCCC1. The maximum atomic E-state index is 5.46. The van der Waals surface area contributed by atoms with Crippen LogP contribution >= 0.6 is 0 Å². The predicted molar refractivity (Wildman–Crippen MR) is 49.6 cm³/mol. The summed E-state index contributed by atoms with van der Waals surface area (Å²) >= 11 is 0. The molecule has 0 bridgehead atoms. The second kappa shape index (κ2) is 5.51. The minimum absolute atomic E-state index is 0.368. The van der Waals surface area contributed by atoms with Crippen LogP contribution in [0.2, 0.25) is 0 Å². The Hall–Kier alpha value is -0.120. The lowest BCUT2D eigenvalue weighted by Gasteiger charge is -2.21. The lowest BCUT2D eigenvalue weighted by molar-refractivity contribution is 0.103. The topological polar surface area (TPSA) is 47.3 Å². The number of hydrogen-bond donors (Lipinski definition) is 2. The fourth-order valence-electron chi connectivity index (χ4n) is 1.92. The van der Waals surface area contributed by atoms with Crippen LogP contribution in [-0.2, 0) is 4.74 Å². The molecule has 1 aliphatic carbocycles. The van der Waals surface area contributed by atoms with Crippen molar-refractivity contribution in [3.05, 3.63) is 0 Å². The van der Waals surface area contributed by atoms with Gasteiger partial charge in [-0.1, -0.05) is 12.8 Å². The fourth-order valence-corrected chi connectivity index (χ4v) is 1.92. The van der Waals surface area contributed by atoms with Crippen molar-refractivity contribution < 1.29 is 4.74 Å². The van der Waals surface area contributed by atoms with Gasteiger partial charge in [-0.25, -0.2) is 0 Å². The maximum absolute atomic E-state index is 5.46. The van der Waals surface area contributed by atoms with Crippen molar-refractivity contribution in [3.63, 3.8) is 0 Å². The molecule has 3 N–H and O–H groups in total. The van der Waals surface area contributed by atoms with Gasteiger partial charge < -0.3 is 4.74 Å². The summed E-state index contributed by atoms with van der Waals surface area (Å²) in [5.74, 6) is 6.20. The highest BCUT2D eigenvalue weighted by atomic mass is 16.5. The van der Waals surface area contributed by atoms with E-state index >= 15 is 0 Å². The normalized spacial score (nSPS) is 21.5. The first-order chi connectivity index (χ1) is 5.88.